The number of amides is 1. The van der Waals surface area contributed by atoms with Gasteiger partial charge in [0.1, 0.15) is 11.3 Å². The van der Waals surface area contributed by atoms with Gasteiger partial charge in [-0.15, -0.1) is 0 Å². The maximum absolute atomic E-state index is 13.2. The number of nitrogens with zero attached hydrogens (tertiary/aromatic N) is 3. The van der Waals surface area contributed by atoms with E-state index in [1.54, 1.807) is 18.6 Å². The average molecular weight is 422 g/mol. The van der Waals surface area contributed by atoms with Gasteiger partial charge in [-0.3, -0.25) is 14.5 Å². The molecular formula is C23H26N4O4. The molecule has 1 saturated heterocycles. The summed E-state index contributed by atoms with van der Waals surface area (Å²) in [6.07, 6.45) is 4.57. The number of pyridine rings is 1. The van der Waals surface area contributed by atoms with Crippen LogP contribution in [0.2, 0.25) is 0 Å². The molecule has 3 aromatic heterocycles. The monoisotopic (exact) mass is 422 g/mol. The number of fused-ring (bicyclic) bond motifs is 4. The van der Waals surface area contributed by atoms with Crippen LogP contribution in [0.4, 0.5) is 0 Å². The molecule has 0 radical (unpaired) electrons. The third kappa shape index (κ3) is 3.72. The maximum atomic E-state index is 13.2. The Morgan fingerprint density at radius 3 is 2.84 bits per heavy atom. The number of aryl methyl sites for hydroxylation is 2. The minimum atomic E-state index is -0.363. The molecule has 31 heavy (non-hydrogen) atoms. The van der Waals surface area contributed by atoms with E-state index in [-0.39, 0.29) is 23.6 Å². The minimum absolute atomic E-state index is 0.186. The summed E-state index contributed by atoms with van der Waals surface area (Å²) in [5.74, 6) is 1.01. The fourth-order valence-corrected chi connectivity index (χ4v) is 5.01. The van der Waals surface area contributed by atoms with E-state index in [1.165, 1.54) is 5.56 Å². The van der Waals surface area contributed by atoms with Gasteiger partial charge in [0.2, 0.25) is 0 Å². The fraction of sp³-hybridized carbons (Fsp3) is 0.435. The zero-order valence-corrected chi connectivity index (χ0v) is 17.8. The summed E-state index contributed by atoms with van der Waals surface area (Å²) < 4.78 is 12.2. The molecular weight excluding hydrogens is 396 g/mol. The molecule has 0 aliphatic carbocycles. The number of rotatable bonds is 5. The van der Waals surface area contributed by atoms with Gasteiger partial charge < -0.3 is 18.8 Å². The Balaban J connectivity index is 1.33. The summed E-state index contributed by atoms with van der Waals surface area (Å²) in [6, 6.07) is 5.62. The van der Waals surface area contributed by atoms with E-state index in [4.69, 9.17) is 8.94 Å². The number of likely N-dealkylation sites (tertiary alicyclic amines) is 1. The number of hydrogen-bond acceptors (Lipinski definition) is 6. The Kier molecular flexibility index (Phi) is 5.02. The molecule has 1 amide bonds. The molecule has 0 aromatic carbocycles. The van der Waals surface area contributed by atoms with Crippen LogP contribution in [-0.2, 0) is 19.6 Å². The first kappa shape index (κ1) is 19.8. The highest BCUT2D eigenvalue weighted by Gasteiger charge is 2.35. The Morgan fingerprint density at radius 2 is 2.10 bits per heavy atom. The number of carbonyl (C=O) groups excluding carboxylic acids is 1. The number of carbonyl (C=O) groups is 1. The van der Waals surface area contributed by atoms with E-state index in [2.05, 4.69) is 15.4 Å². The smallest absolute Gasteiger partial charge is 0.263 e. The van der Waals surface area contributed by atoms with Gasteiger partial charge in [-0.25, -0.2) is 0 Å². The molecule has 5 rings (SSSR count). The van der Waals surface area contributed by atoms with Crippen molar-refractivity contribution in [1.82, 2.24) is 19.9 Å². The van der Waals surface area contributed by atoms with Crippen molar-refractivity contribution >= 4 is 5.91 Å². The maximum Gasteiger partial charge on any atom is 0.263 e. The van der Waals surface area contributed by atoms with Crippen molar-refractivity contribution < 1.29 is 13.7 Å². The van der Waals surface area contributed by atoms with Gasteiger partial charge in [0.15, 0.2) is 0 Å². The zero-order valence-electron chi connectivity index (χ0n) is 17.8. The van der Waals surface area contributed by atoms with E-state index < -0.39 is 0 Å². The second-order valence-corrected chi connectivity index (χ2v) is 8.70. The highest BCUT2D eigenvalue weighted by Crippen LogP contribution is 2.35. The molecule has 5 heterocycles. The molecule has 0 spiro atoms. The van der Waals surface area contributed by atoms with Gasteiger partial charge in [0.05, 0.1) is 18.2 Å². The van der Waals surface area contributed by atoms with Crippen molar-refractivity contribution in [3.8, 4) is 0 Å². The van der Waals surface area contributed by atoms with Gasteiger partial charge in [-0.2, -0.15) is 0 Å². The van der Waals surface area contributed by atoms with Gasteiger partial charge in [0, 0.05) is 55.5 Å². The second kappa shape index (κ2) is 7.85. The van der Waals surface area contributed by atoms with E-state index >= 15 is 0 Å². The van der Waals surface area contributed by atoms with E-state index in [0.717, 1.165) is 43.0 Å². The van der Waals surface area contributed by atoms with Crippen molar-refractivity contribution in [1.29, 1.82) is 0 Å². The summed E-state index contributed by atoms with van der Waals surface area (Å²) in [6.45, 7) is 7.28. The molecule has 3 aromatic rings. The largest absolute Gasteiger partial charge is 0.472 e. The van der Waals surface area contributed by atoms with Crippen LogP contribution in [-0.4, -0.2) is 33.6 Å². The molecule has 0 saturated carbocycles. The highest BCUT2D eigenvalue weighted by molar-refractivity contribution is 5.93. The molecule has 0 unspecified atom stereocenters. The molecule has 2 aliphatic heterocycles. The number of hydrogen-bond donors (Lipinski definition) is 1. The standard InChI is InChI=1S/C23H26N4O4/c1-14-20(15(2)31-25-14)8-24-22(28)19-3-4-21-18-7-17(11-27(21)23(19)29)10-26(12-18)9-16-5-6-30-13-16/h3-6,13,17-18H,7-12H2,1-2H3,(H,24,28)/t17-,18+/m0/s1. The predicted octanol–water partition coefficient (Wildman–Crippen LogP) is 2.60. The Labute approximate surface area is 179 Å². The summed E-state index contributed by atoms with van der Waals surface area (Å²) in [5, 5.41) is 6.75. The van der Waals surface area contributed by atoms with Gasteiger partial charge >= 0.3 is 0 Å². The van der Waals surface area contributed by atoms with E-state index in [0.29, 0.717) is 24.1 Å². The molecule has 2 aliphatic rings. The molecule has 2 bridgehead atoms. The normalized spacial score (nSPS) is 20.5. The molecule has 162 valence electrons. The number of aromatic nitrogens is 2. The second-order valence-electron chi connectivity index (χ2n) is 8.70. The Bertz CT molecular complexity index is 1140. The first-order chi connectivity index (χ1) is 15.0. The first-order valence-electron chi connectivity index (χ1n) is 10.7. The lowest BCUT2D eigenvalue weighted by Crippen LogP contribution is -2.47. The minimum Gasteiger partial charge on any atom is -0.472 e. The van der Waals surface area contributed by atoms with Crippen LogP contribution in [0.1, 0.15) is 51.0 Å². The Hall–Kier alpha value is -3.13. The number of furan rings is 1. The van der Waals surface area contributed by atoms with Crippen molar-refractivity contribution in [2.45, 2.75) is 45.8 Å². The van der Waals surface area contributed by atoms with Crippen molar-refractivity contribution in [2.24, 2.45) is 5.92 Å². The molecule has 8 nitrogen and oxygen atoms in total. The van der Waals surface area contributed by atoms with Gasteiger partial charge in [-0.1, -0.05) is 5.16 Å². The van der Waals surface area contributed by atoms with Crippen LogP contribution in [0.25, 0.3) is 0 Å². The lowest BCUT2D eigenvalue weighted by Gasteiger charge is -2.42. The van der Waals surface area contributed by atoms with Crippen LogP contribution >= 0.6 is 0 Å². The Morgan fingerprint density at radius 1 is 1.23 bits per heavy atom. The lowest BCUT2D eigenvalue weighted by atomic mass is 9.83. The van der Waals surface area contributed by atoms with Crippen LogP contribution < -0.4 is 10.9 Å². The lowest BCUT2D eigenvalue weighted by molar-refractivity contribution is 0.0943. The quantitative estimate of drug-likeness (QED) is 0.679. The van der Waals surface area contributed by atoms with Crippen molar-refractivity contribution in [3.63, 3.8) is 0 Å². The van der Waals surface area contributed by atoms with Crippen LogP contribution in [0.5, 0.6) is 0 Å². The summed E-state index contributed by atoms with van der Waals surface area (Å²) in [5.41, 5.74) is 3.77. The predicted molar refractivity (Wildman–Crippen MR) is 113 cm³/mol. The van der Waals surface area contributed by atoms with Crippen LogP contribution in [0.3, 0.4) is 0 Å². The summed E-state index contributed by atoms with van der Waals surface area (Å²) in [4.78, 5) is 28.3. The fourth-order valence-electron chi connectivity index (χ4n) is 5.01. The van der Waals surface area contributed by atoms with Crippen molar-refractivity contribution in [3.05, 3.63) is 74.9 Å². The topological polar surface area (TPSA) is 93.5 Å². The molecule has 8 heteroatoms. The number of nitrogens with one attached hydrogen (secondary N) is 1. The third-order valence-electron chi connectivity index (χ3n) is 6.52. The average Bonchev–Trinajstić information content (AvgIpc) is 3.37. The van der Waals surface area contributed by atoms with E-state index in [9.17, 15) is 9.59 Å². The zero-order chi connectivity index (χ0) is 21.5. The third-order valence-corrected chi connectivity index (χ3v) is 6.52. The summed E-state index contributed by atoms with van der Waals surface area (Å²) in [7, 11) is 0. The number of piperidine rings is 1. The molecule has 1 fully saturated rings. The summed E-state index contributed by atoms with van der Waals surface area (Å²) >= 11 is 0. The van der Waals surface area contributed by atoms with Crippen LogP contribution in [0.15, 0.2) is 44.5 Å². The molecule has 1 N–H and O–H groups in total. The highest BCUT2D eigenvalue weighted by atomic mass is 16.5. The first-order valence-corrected chi connectivity index (χ1v) is 10.7. The van der Waals surface area contributed by atoms with Crippen LogP contribution in [0, 0.1) is 19.8 Å². The van der Waals surface area contributed by atoms with E-state index in [1.807, 2.05) is 30.5 Å². The van der Waals surface area contributed by atoms with Gasteiger partial charge in [0.25, 0.3) is 11.5 Å². The SMILES string of the molecule is Cc1noc(C)c1CNC(=O)c1ccc2n(c1=O)C[C@H]1C[C@@H]2CN(Cc2ccoc2)C1. The van der Waals surface area contributed by atoms with Gasteiger partial charge in [-0.05, 0) is 44.4 Å². The van der Waals surface area contributed by atoms with Crippen molar-refractivity contribution in [2.75, 3.05) is 13.1 Å². The molecule has 2 atom stereocenters.